The molecule has 0 N–H and O–H groups in total. The normalized spacial score (nSPS) is 12.0. The molecule has 1 unspecified atom stereocenters. The molecule has 8 heteroatoms. The minimum Gasteiger partial charge on any atom is -0.465 e. The zero-order valence-electron chi connectivity index (χ0n) is 15.1. The fourth-order valence-electron chi connectivity index (χ4n) is 2.66. The molecule has 0 saturated carbocycles. The highest BCUT2D eigenvalue weighted by atomic mass is 32.1. The first-order chi connectivity index (χ1) is 12.9. The third-order valence-electron chi connectivity index (χ3n) is 4.23. The number of carbonyl (C=O) groups excluding carboxylic acids is 2. The summed E-state index contributed by atoms with van der Waals surface area (Å²) in [5, 5.41) is 0.311. The van der Waals surface area contributed by atoms with Crippen molar-refractivity contribution in [2.24, 2.45) is 0 Å². The maximum Gasteiger partial charge on any atom is 0.348 e. The molecule has 140 valence electrons. The van der Waals surface area contributed by atoms with E-state index >= 15 is 0 Å². The number of hydrogen-bond donors (Lipinski definition) is 0. The summed E-state index contributed by atoms with van der Waals surface area (Å²) in [5.41, 5.74) is 0.960. The van der Waals surface area contributed by atoms with Gasteiger partial charge in [0, 0.05) is 0 Å². The number of nitrogens with zero attached hydrogens (tertiary/aromatic N) is 2. The van der Waals surface area contributed by atoms with Crippen LogP contribution in [0.1, 0.15) is 33.8 Å². The monoisotopic (exact) mass is 386 g/mol. The van der Waals surface area contributed by atoms with Crippen molar-refractivity contribution in [1.29, 1.82) is 0 Å². The van der Waals surface area contributed by atoms with Crippen LogP contribution in [-0.4, -0.2) is 28.6 Å². The highest BCUT2D eigenvalue weighted by Gasteiger charge is 2.23. The van der Waals surface area contributed by atoms with Crippen molar-refractivity contribution in [2.45, 2.75) is 26.5 Å². The molecule has 0 spiro atoms. The fourth-order valence-corrected chi connectivity index (χ4v) is 3.72. The van der Waals surface area contributed by atoms with Gasteiger partial charge < -0.3 is 9.47 Å². The Balaban J connectivity index is 1.88. The fraction of sp³-hybridized carbons (Fsp3) is 0.263. The lowest BCUT2D eigenvalue weighted by Crippen LogP contribution is -2.29. The number of hydrogen-bond acceptors (Lipinski definition) is 7. The Morgan fingerprint density at radius 3 is 2.63 bits per heavy atom. The number of aromatic nitrogens is 2. The van der Waals surface area contributed by atoms with Gasteiger partial charge in [-0.2, -0.15) is 0 Å². The first kappa shape index (κ1) is 18.8. The number of ether oxygens (including phenoxy) is 2. The first-order valence-electron chi connectivity index (χ1n) is 8.23. The largest absolute Gasteiger partial charge is 0.465 e. The Labute approximate surface area is 159 Å². The summed E-state index contributed by atoms with van der Waals surface area (Å²) in [5.74, 6) is -1.06. The lowest BCUT2D eigenvalue weighted by atomic mass is 10.2. The van der Waals surface area contributed by atoms with E-state index in [-0.39, 0.29) is 6.61 Å². The lowest BCUT2D eigenvalue weighted by Gasteiger charge is -2.14. The molecule has 0 bridgehead atoms. The molecule has 3 aromatic rings. The smallest absolute Gasteiger partial charge is 0.348 e. The molecule has 0 aliphatic rings. The molecule has 2 aromatic heterocycles. The summed E-state index contributed by atoms with van der Waals surface area (Å²) in [7, 11) is 1.28. The Bertz CT molecular complexity index is 1060. The molecule has 0 fully saturated rings. The minimum atomic E-state index is -0.848. The van der Waals surface area contributed by atoms with E-state index < -0.39 is 23.5 Å². The van der Waals surface area contributed by atoms with E-state index in [0.29, 0.717) is 20.7 Å². The van der Waals surface area contributed by atoms with Gasteiger partial charge in [-0.15, -0.1) is 11.3 Å². The third-order valence-corrected chi connectivity index (χ3v) is 5.41. The number of rotatable bonds is 5. The highest BCUT2D eigenvalue weighted by Crippen LogP contribution is 2.27. The Kier molecular flexibility index (Phi) is 5.36. The molecule has 0 radical (unpaired) electrons. The topological polar surface area (TPSA) is 87.5 Å². The van der Waals surface area contributed by atoms with Gasteiger partial charge in [0.2, 0.25) is 0 Å². The van der Waals surface area contributed by atoms with Crippen LogP contribution in [-0.2, 0) is 20.9 Å². The van der Waals surface area contributed by atoms with Gasteiger partial charge in [-0.3, -0.25) is 9.36 Å². The van der Waals surface area contributed by atoms with E-state index in [4.69, 9.17) is 9.47 Å². The van der Waals surface area contributed by atoms with E-state index in [1.54, 1.807) is 13.8 Å². The van der Waals surface area contributed by atoms with E-state index in [2.05, 4.69) is 4.98 Å². The molecule has 0 aliphatic heterocycles. The molecular weight excluding hydrogens is 368 g/mol. The zero-order valence-corrected chi connectivity index (χ0v) is 15.9. The predicted molar refractivity (Wildman–Crippen MR) is 101 cm³/mol. The summed E-state index contributed by atoms with van der Waals surface area (Å²) in [6.45, 7) is 3.36. The van der Waals surface area contributed by atoms with E-state index in [9.17, 15) is 14.4 Å². The first-order valence-corrected chi connectivity index (χ1v) is 9.04. The lowest BCUT2D eigenvalue weighted by molar-refractivity contribution is -0.148. The summed E-state index contributed by atoms with van der Waals surface area (Å²) >= 11 is 1.09. The van der Waals surface area contributed by atoms with Crippen LogP contribution < -0.4 is 5.56 Å². The van der Waals surface area contributed by atoms with Crippen molar-refractivity contribution in [1.82, 2.24) is 9.55 Å². The van der Waals surface area contributed by atoms with Gasteiger partial charge in [0.15, 0.2) is 0 Å². The van der Waals surface area contributed by atoms with Gasteiger partial charge in [0.05, 0.1) is 18.8 Å². The van der Waals surface area contributed by atoms with Crippen LogP contribution in [0.3, 0.4) is 0 Å². The Morgan fingerprint density at radius 1 is 1.26 bits per heavy atom. The number of methoxy groups -OCH3 is 1. The van der Waals surface area contributed by atoms with Gasteiger partial charge in [0.1, 0.15) is 22.4 Å². The van der Waals surface area contributed by atoms with Crippen molar-refractivity contribution >= 4 is 33.5 Å². The van der Waals surface area contributed by atoms with E-state index in [1.165, 1.54) is 18.0 Å². The van der Waals surface area contributed by atoms with Crippen molar-refractivity contribution in [3.05, 3.63) is 63.0 Å². The summed E-state index contributed by atoms with van der Waals surface area (Å²) in [4.78, 5) is 42.1. The van der Waals surface area contributed by atoms with Gasteiger partial charge in [-0.1, -0.05) is 30.3 Å². The molecule has 3 rings (SSSR count). The number of carbonyl (C=O) groups is 2. The third kappa shape index (κ3) is 3.61. The van der Waals surface area contributed by atoms with Crippen LogP contribution in [0.4, 0.5) is 0 Å². The van der Waals surface area contributed by atoms with Crippen molar-refractivity contribution in [3.8, 4) is 0 Å². The van der Waals surface area contributed by atoms with Crippen LogP contribution in [0.25, 0.3) is 10.2 Å². The summed E-state index contributed by atoms with van der Waals surface area (Å²) in [6.07, 6.45) is 1.30. The standard InChI is InChI=1S/C19H18N2O5S/c1-11-14-16(27-15(11)19(24)25-3)20-10-21(17(14)22)12(2)18(23)26-9-13-7-5-4-6-8-13/h4-8,10,12H,9H2,1-3H3. The average molecular weight is 386 g/mol. The van der Waals surface area contributed by atoms with Crippen molar-refractivity contribution < 1.29 is 19.1 Å². The van der Waals surface area contributed by atoms with Gasteiger partial charge in [0.25, 0.3) is 5.56 Å². The van der Waals surface area contributed by atoms with Crippen LogP contribution in [0.15, 0.2) is 41.5 Å². The number of benzene rings is 1. The minimum absolute atomic E-state index is 0.123. The summed E-state index contributed by atoms with van der Waals surface area (Å²) in [6, 6.07) is 8.43. The second-order valence-corrected chi connectivity index (χ2v) is 6.95. The van der Waals surface area contributed by atoms with Gasteiger partial charge in [-0.25, -0.2) is 14.6 Å². The second kappa shape index (κ2) is 7.71. The average Bonchev–Trinajstić information content (AvgIpc) is 3.03. The quantitative estimate of drug-likeness (QED) is 0.627. The van der Waals surface area contributed by atoms with E-state index in [0.717, 1.165) is 16.9 Å². The molecule has 0 aliphatic carbocycles. The number of aryl methyl sites for hydroxylation is 1. The molecule has 1 aromatic carbocycles. The zero-order chi connectivity index (χ0) is 19.6. The molecule has 0 amide bonds. The number of esters is 2. The van der Waals surface area contributed by atoms with Crippen molar-refractivity contribution in [3.63, 3.8) is 0 Å². The van der Waals surface area contributed by atoms with Gasteiger partial charge in [-0.05, 0) is 25.0 Å². The van der Waals surface area contributed by atoms with E-state index in [1.807, 2.05) is 30.3 Å². The molecular formula is C19H18N2O5S. The summed E-state index contributed by atoms with van der Waals surface area (Å²) < 4.78 is 11.3. The van der Waals surface area contributed by atoms with Crippen LogP contribution in [0.2, 0.25) is 0 Å². The maximum atomic E-state index is 12.9. The molecule has 2 heterocycles. The molecule has 7 nitrogen and oxygen atoms in total. The van der Waals surface area contributed by atoms with Crippen LogP contribution in [0, 0.1) is 6.92 Å². The predicted octanol–water partition coefficient (Wildman–Crippen LogP) is 2.86. The molecule has 27 heavy (non-hydrogen) atoms. The van der Waals surface area contributed by atoms with Crippen LogP contribution in [0.5, 0.6) is 0 Å². The Hall–Kier alpha value is -3.00. The molecule has 0 saturated heterocycles. The van der Waals surface area contributed by atoms with Crippen molar-refractivity contribution in [2.75, 3.05) is 7.11 Å². The SMILES string of the molecule is COC(=O)c1sc2ncn(C(C)C(=O)OCc3ccccc3)c(=O)c2c1C. The van der Waals surface area contributed by atoms with Crippen LogP contribution >= 0.6 is 11.3 Å². The Morgan fingerprint density at radius 2 is 1.96 bits per heavy atom. The second-order valence-electron chi connectivity index (χ2n) is 5.95. The maximum absolute atomic E-state index is 12.9. The number of thiophene rings is 1. The van der Waals surface area contributed by atoms with Gasteiger partial charge >= 0.3 is 11.9 Å². The highest BCUT2D eigenvalue weighted by molar-refractivity contribution is 7.20. The number of fused-ring (bicyclic) bond motifs is 1. The molecule has 1 atom stereocenters.